The molecule has 0 N–H and O–H groups in total. The minimum absolute atomic E-state index is 0.0746. The van der Waals surface area contributed by atoms with Gasteiger partial charge in [-0.3, -0.25) is 14.2 Å². The molecule has 1 aromatic carbocycles. The van der Waals surface area contributed by atoms with Crippen molar-refractivity contribution in [2.45, 2.75) is 25.8 Å². The lowest BCUT2D eigenvalue weighted by Crippen LogP contribution is -2.24. The van der Waals surface area contributed by atoms with Crippen LogP contribution in [-0.4, -0.2) is 36.7 Å². The van der Waals surface area contributed by atoms with E-state index >= 15 is 0 Å². The number of ketones is 1. The first kappa shape index (κ1) is 21.3. The summed E-state index contributed by atoms with van der Waals surface area (Å²) in [6.45, 7) is 0.194. The molecular weight excluding hydrogens is 444 g/mol. The third-order valence-corrected chi connectivity index (χ3v) is 6.98. The van der Waals surface area contributed by atoms with Crippen LogP contribution in [0.5, 0.6) is 17.2 Å². The van der Waals surface area contributed by atoms with Gasteiger partial charge >= 0.3 is 0 Å². The lowest BCUT2D eigenvalue weighted by Gasteiger charge is -2.16. The van der Waals surface area contributed by atoms with E-state index in [1.54, 1.807) is 29.0 Å². The van der Waals surface area contributed by atoms with Gasteiger partial charge in [-0.2, -0.15) is 0 Å². The molecule has 1 aliphatic rings. The maximum atomic E-state index is 13.8. The van der Waals surface area contributed by atoms with Gasteiger partial charge in [0.25, 0.3) is 5.56 Å². The number of carbonyl (C=O) groups excluding carboxylic acids is 1. The number of benzene rings is 1. The van der Waals surface area contributed by atoms with E-state index in [2.05, 4.69) is 0 Å². The molecule has 5 rings (SSSR count). The number of rotatable bonds is 6. The van der Waals surface area contributed by atoms with Crippen molar-refractivity contribution in [3.8, 4) is 28.6 Å². The van der Waals surface area contributed by atoms with Crippen LogP contribution in [0.2, 0.25) is 0 Å². The van der Waals surface area contributed by atoms with Crippen molar-refractivity contribution in [1.82, 2.24) is 9.55 Å². The van der Waals surface area contributed by atoms with Crippen LogP contribution in [0.4, 0.5) is 0 Å². The number of thiophene rings is 1. The molecule has 0 spiro atoms. The van der Waals surface area contributed by atoms with Gasteiger partial charge in [-0.15, -0.1) is 11.3 Å². The van der Waals surface area contributed by atoms with Crippen LogP contribution < -0.4 is 19.8 Å². The summed E-state index contributed by atoms with van der Waals surface area (Å²) in [5.41, 5.74) is 1.23. The van der Waals surface area contributed by atoms with Crippen LogP contribution in [-0.2, 0) is 13.0 Å². The highest BCUT2D eigenvalue weighted by molar-refractivity contribution is 7.20. The van der Waals surface area contributed by atoms with Crippen molar-refractivity contribution in [1.29, 1.82) is 0 Å². The maximum Gasteiger partial charge on any atom is 0.263 e. The fraction of sp³-hybridized carbons (Fsp3) is 0.292. The van der Waals surface area contributed by atoms with Crippen molar-refractivity contribution >= 4 is 27.3 Å². The van der Waals surface area contributed by atoms with E-state index in [0.29, 0.717) is 62.3 Å². The van der Waals surface area contributed by atoms with Gasteiger partial charge < -0.3 is 18.6 Å². The zero-order valence-electron chi connectivity index (χ0n) is 18.5. The van der Waals surface area contributed by atoms with Crippen LogP contribution in [0.25, 0.3) is 21.6 Å². The minimum atomic E-state index is -0.202. The third kappa shape index (κ3) is 3.48. The predicted octanol–water partition coefficient (Wildman–Crippen LogP) is 4.31. The molecule has 33 heavy (non-hydrogen) atoms. The van der Waals surface area contributed by atoms with Gasteiger partial charge in [0.15, 0.2) is 17.3 Å². The number of hydrogen-bond acceptors (Lipinski definition) is 8. The number of methoxy groups -OCH3 is 3. The first-order valence-electron chi connectivity index (χ1n) is 10.5. The van der Waals surface area contributed by atoms with Gasteiger partial charge in [0.05, 0.1) is 44.4 Å². The number of aromatic nitrogens is 2. The molecule has 0 saturated carbocycles. The summed E-state index contributed by atoms with van der Waals surface area (Å²) < 4.78 is 23.5. The van der Waals surface area contributed by atoms with Gasteiger partial charge in [-0.25, -0.2) is 4.98 Å². The highest BCUT2D eigenvalue weighted by atomic mass is 32.1. The molecule has 0 saturated heterocycles. The van der Waals surface area contributed by atoms with E-state index in [1.807, 2.05) is 6.07 Å². The van der Waals surface area contributed by atoms with E-state index in [0.717, 1.165) is 12.0 Å². The summed E-state index contributed by atoms with van der Waals surface area (Å²) in [7, 11) is 4.60. The average Bonchev–Trinajstić information content (AvgIpc) is 3.48. The highest BCUT2D eigenvalue weighted by Crippen LogP contribution is 2.41. The zero-order chi connectivity index (χ0) is 23.1. The summed E-state index contributed by atoms with van der Waals surface area (Å²) in [6.07, 6.45) is 3.50. The molecule has 0 aliphatic heterocycles. The van der Waals surface area contributed by atoms with Gasteiger partial charge in [0.1, 0.15) is 16.4 Å². The molecule has 0 fully saturated rings. The van der Waals surface area contributed by atoms with Crippen LogP contribution in [0.1, 0.15) is 33.8 Å². The van der Waals surface area contributed by atoms with E-state index in [1.165, 1.54) is 32.7 Å². The molecule has 0 amide bonds. The third-order valence-electron chi connectivity index (χ3n) is 5.81. The predicted molar refractivity (Wildman–Crippen MR) is 124 cm³/mol. The molecule has 1 aliphatic carbocycles. The van der Waals surface area contributed by atoms with E-state index in [9.17, 15) is 9.59 Å². The lowest BCUT2D eigenvalue weighted by molar-refractivity contribution is 0.0977. The summed E-state index contributed by atoms with van der Waals surface area (Å²) in [5.74, 6) is 2.46. The number of Topliss-reactive ketones (excluding diaryl/α,β-unsaturated/α-hetero) is 1. The van der Waals surface area contributed by atoms with E-state index in [-0.39, 0.29) is 17.9 Å². The van der Waals surface area contributed by atoms with Crippen molar-refractivity contribution < 1.29 is 23.4 Å². The topological polar surface area (TPSA) is 92.8 Å². The molecule has 3 heterocycles. The number of aryl methyl sites for hydroxylation is 1. The Kier molecular flexibility index (Phi) is 5.41. The summed E-state index contributed by atoms with van der Waals surface area (Å²) in [5, 5.41) is 0.519. The second-order valence-electron chi connectivity index (χ2n) is 7.69. The molecular formula is C24H22N2O6S. The lowest BCUT2D eigenvalue weighted by atomic mass is 9.96. The van der Waals surface area contributed by atoms with Crippen molar-refractivity contribution in [3.63, 3.8) is 0 Å². The van der Waals surface area contributed by atoms with Gasteiger partial charge in [0.2, 0.25) is 5.75 Å². The largest absolute Gasteiger partial charge is 0.493 e. The van der Waals surface area contributed by atoms with Crippen molar-refractivity contribution in [2.24, 2.45) is 0 Å². The summed E-state index contributed by atoms with van der Waals surface area (Å²) in [6, 6.07) is 7.09. The number of ether oxygens (including phenoxy) is 3. The Bertz CT molecular complexity index is 1390. The molecule has 3 aromatic heterocycles. The minimum Gasteiger partial charge on any atom is -0.493 e. The van der Waals surface area contributed by atoms with E-state index < -0.39 is 0 Å². The first-order valence-corrected chi connectivity index (χ1v) is 11.3. The number of nitrogens with zero attached hydrogens (tertiary/aromatic N) is 2. The normalized spacial score (nSPS) is 13.2. The fourth-order valence-electron chi connectivity index (χ4n) is 4.28. The number of furan rings is 1. The first-order chi connectivity index (χ1) is 16.0. The summed E-state index contributed by atoms with van der Waals surface area (Å²) in [4.78, 5) is 32.4. The fourth-order valence-corrected chi connectivity index (χ4v) is 5.46. The smallest absolute Gasteiger partial charge is 0.263 e. The van der Waals surface area contributed by atoms with Gasteiger partial charge in [-0.05, 0) is 42.7 Å². The second kappa shape index (κ2) is 8.40. The van der Waals surface area contributed by atoms with Crippen LogP contribution in [0.3, 0.4) is 0 Å². The van der Waals surface area contributed by atoms with Crippen molar-refractivity contribution in [2.75, 3.05) is 21.3 Å². The van der Waals surface area contributed by atoms with Gasteiger partial charge in [0, 0.05) is 12.0 Å². The highest BCUT2D eigenvalue weighted by Gasteiger charge is 2.27. The molecule has 0 bridgehead atoms. The van der Waals surface area contributed by atoms with Crippen molar-refractivity contribution in [3.05, 3.63) is 57.1 Å². The Labute approximate surface area is 193 Å². The van der Waals surface area contributed by atoms with Crippen LogP contribution >= 0.6 is 11.3 Å². The standard InChI is InChI=1S/C24H22N2O6S/c1-29-17-10-13(11-18(30-2)20(17)31-3)22-25-23-19(15-7-4-8-16(27)21(15)33-23)24(28)26(22)12-14-6-5-9-32-14/h5-6,9-11H,4,7-8,12H2,1-3H3. The molecule has 170 valence electrons. The molecule has 0 atom stereocenters. The quantitative estimate of drug-likeness (QED) is 0.418. The van der Waals surface area contributed by atoms with E-state index in [4.69, 9.17) is 23.6 Å². The Balaban J connectivity index is 1.81. The molecule has 4 aromatic rings. The average molecular weight is 467 g/mol. The molecule has 8 nitrogen and oxygen atoms in total. The van der Waals surface area contributed by atoms with Gasteiger partial charge in [-0.1, -0.05) is 0 Å². The number of carbonyl (C=O) groups is 1. The Morgan fingerprint density at radius 2 is 1.85 bits per heavy atom. The Morgan fingerprint density at radius 1 is 1.09 bits per heavy atom. The number of fused-ring (bicyclic) bond motifs is 3. The SMILES string of the molecule is COc1cc(-c2nc3sc4c(c3c(=O)n2Cc2ccco2)CCCC4=O)cc(OC)c1OC. The molecule has 0 radical (unpaired) electrons. The van der Waals surface area contributed by atoms with Crippen LogP contribution in [0, 0.1) is 0 Å². The Hall–Kier alpha value is -3.59. The molecule has 0 unspecified atom stereocenters. The number of hydrogen-bond donors (Lipinski definition) is 0. The van der Waals surface area contributed by atoms with Crippen LogP contribution in [0.15, 0.2) is 39.7 Å². The zero-order valence-corrected chi connectivity index (χ0v) is 19.3. The molecule has 9 heteroatoms. The second-order valence-corrected chi connectivity index (χ2v) is 8.69. The monoisotopic (exact) mass is 466 g/mol. The summed E-state index contributed by atoms with van der Waals surface area (Å²) >= 11 is 1.29. The Morgan fingerprint density at radius 3 is 2.48 bits per heavy atom. The maximum absolute atomic E-state index is 13.8.